The van der Waals surface area contributed by atoms with Crippen LogP contribution in [0, 0.1) is 5.41 Å². The van der Waals surface area contributed by atoms with Gasteiger partial charge in [0.25, 0.3) is 0 Å². The lowest BCUT2D eigenvalue weighted by Gasteiger charge is -2.39. The van der Waals surface area contributed by atoms with Gasteiger partial charge in [-0.1, -0.05) is 37.6 Å². The first-order valence-corrected chi connectivity index (χ1v) is 9.52. The number of nitrogens with zero attached hydrogens (tertiary/aromatic N) is 1. The minimum atomic E-state index is 0.247. The van der Waals surface area contributed by atoms with Crippen molar-refractivity contribution < 1.29 is 0 Å². The van der Waals surface area contributed by atoms with Gasteiger partial charge in [-0.2, -0.15) is 0 Å². The molecular formula is C21H20ClNS. The van der Waals surface area contributed by atoms with Crippen LogP contribution < -0.4 is 0 Å². The molecule has 1 aliphatic carbocycles. The molecule has 1 nitrogen and oxygen atoms in total. The third kappa shape index (κ3) is 2.78. The molecule has 0 radical (unpaired) electrons. The molecule has 0 amide bonds. The third-order valence-electron chi connectivity index (χ3n) is 5.10. The maximum Gasteiger partial charge on any atom is 0.0406 e. The van der Waals surface area contributed by atoms with Crippen LogP contribution in [0.1, 0.15) is 42.2 Å². The molecular weight excluding hydrogens is 334 g/mol. The number of aryl methyl sites for hydroxylation is 1. The number of rotatable bonds is 2. The summed E-state index contributed by atoms with van der Waals surface area (Å²) >= 11 is 8.04. The van der Waals surface area contributed by atoms with Crippen molar-refractivity contribution in [2.75, 3.05) is 0 Å². The molecule has 1 atom stereocenters. The predicted molar refractivity (Wildman–Crippen MR) is 103 cm³/mol. The van der Waals surface area contributed by atoms with Crippen LogP contribution in [0.3, 0.4) is 0 Å². The van der Waals surface area contributed by atoms with Gasteiger partial charge in [-0.25, -0.2) is 0 Å². The van der Waals surface area contributed by atoms with Crippen LogP contribution in [0.15, 0.2) is 54.9 Å². The third-order valence-corrected chi connectivity index (χ3v) is 6.61. The number of hydrogen-bond acceptors (Lipinski definition) is 2. The Labute approximate surface area is 152 Å². The van der Waals surface area contributed by atoms with Gasteiger partial charge in [0.1, 0.15) is 0 Å². The first-order chi connectivity index (χ1) is 11.5. The first kappa shape index (κ1) is 15.9. The number of pyridine rings is 1. The fourth-order valence-corrected chi connectivity index (χ4v) is 5.16. The van der Waals surface area contributed by atoms with E-state index in [1.165, 1.54) is 39.3 Å². The number of fused-ring (bicyclic) bond motifs is 1. The van der Waals surface area contributed by atoms with Crippen molar-refractivity contribution in [1.29, 1.82) is 0 Å². The second kappa shape index (κ2) is 6.02. The van der Waals surface area contributed by atoms with Gasteiger partial charge in [-0.05, 0) is 65.3 Å². The Balaban J connectivity index is 1.83. The molecule has 0 bridgehead atoms. The Morgan fingerprint density at radius 3 is 2.50 bits per heavy atom. The van der Waals surface area contributed by atoms with Gasteiger partial charge < -0.3 is 0 Å². The van der Waals surface area contributed by atoms with E-state index in [-0.39, 0.29) is 5.41 Å². The average molecular weight is 354 g/mol. The van der Waals surface area contributed by atoms with Crippen LogP contribution in [-0.2, 0) is 6.42 Å². The van der Waals surface area contributed by atoms with E-state index in [0.29, 0.717) is 5.92 Å². The first-order valence-electron chi connectivity index (χ1n) is 8.33. The minimum Gasteiger partial charge on any atom is -0.265 e. The van der Waals surface area contributed by atoms with E-state index in [1.807, 2.05) is 35.9 Å². The molecule has 0 aliphatic heterocycles. The molecule has 3 aromatic rings. The van der Waals surface area contributed by atoms with Gasteiger partial charge in [0.05, 0.1) is 0 Å². The highest BCUT2D eigenvalue weighted by Gasteiger charge is 2.38. The topological polar surface area (TPSA) is 12.9 Å². The number of benzene rings is 1. The quantitative estimate of drug-likeness (QED) is 0.507. The Bertz CT molecular complexity index is 849. The van der Waals surface area contributed by atoms with Crippen molar-refractivity contribution in [3.63, 3.8) is 0 Å². The maximum atomic E-state index is 6.10. The lowest BCUT2D eigenvalue weighted by Crippen LogP contribution is -2.28. The van der Waals surface area contributed by atoms with Crippen LogP contribution in [0.25, 0.3) is 10.4 Å². The van der Waals surface area contributed by atoms with Crippen molar-refractivity contribution in [1.82, 2.24) is 4.98 Å². The summed E-state index contributed by atoms with van der Waals surface area (Å²) in [6.07, 6.45) is 6.12. The summed E-state index contributed by atoms with van der Waals surface area (Å²) < 4.78 is 0. The van der Waals surface area contributed by atoms with Crippen molar-refractivity contribution in [3.05, 3.63) is 75.9 Å². The van der Waals surface area contributed by atoms with Gasteiger partial charge in [-0.3, -0.25) is 4.98 Å². The van der Waals surface area contributed by atoms with Crippen LogP contribution >= 0.6 is 22.9 Å². The van der Waals surface area contributed by atoms with E-state index in [2.05, 4.69) is 49.2 Å². The van der Waals surface area contributed by atoms with E-state index in [0.717, 1.165) is 5.02 Å². The molecule has 0 N–H and O–H groups in total. The molecule has 1 unspecified atom stereocenters. The van der Waals surface area contributed by atoms with Gasteiger partial charge in [0.2, 0.25) is 0 Å². The maximum absolute atomic E-state index is 6.10. The van der Waals surface area contributed by atoms with Gasteiger partial charge in [0, 0.05) is 33.1 Å². The van der Waals surface area contributed by atoms with Crippen LogP contribution in [-0.4, -0.2) is 4.98 Å². The van der Waals surface area contributed by atoms with Gasteiger partial charge >= 0.3 is 0 Å². The highest BCUT2D eigenvalue weighted by molar-refractivity contribution is 7.15. The fourth-order valence-electron chi connectivity index (χ4n) is 3.83. The average Bonchev–Trinajstić information content (AvgIpc) is 3.00. The molecule has 0 spiro atoms. The summed E-state index contributed by atoms with van der Waals surface area (Å²) in [5.41, 5.74) is 4.36. The number of aromatic nitrogens is 1. The van der Waals surface area contributed by atoms with Gasteiger partial charge in [0.15, 0.2) is 0 Å². The summed E-state index contributed by atoms with van der Waals surface area (Å²) in [6.45, 7) is 4.78. The summed E-state index contributed by atoms with van der Waals surface area (Å²) in [5, 5.41) is 0.801. The summed E-state index contributed by atoms with van der Waals surface area (Å²) in [7, 11) is 0. The molecule has 4 rings (SSSR count). The van der Waals surface area contributed by atoms with Crippen LogP contribution in [0.2, 0.25) is 5.02 Å². The Kier molecular flexibility index (Phi) is 3.98. The van der Waals surface area contributed by atoms with Crippen LogP contribution in [0.4, 0.5) is 0 Å². The van der Waals surface area contributed by atoms with E-state index in [4.69, 9.17) is 11.6 Å². The summed E-state index contributed by atoms with van der Waals surface area (Å²) in [4.78, 5) is 7.01. The molecule has 0 saturated carbocycles. The zero-order valence-corrected chi connectivity index (χ0v) is 15.5. The van der Waals surface area contributed by atoms with E-state index in [1.54, 1.807) is 0 Å². The number of halogens is 1. The molecule has 24 heavy (non-hydrogen) atoms. The molecule has 2 aromatic heterocycles. The highest BCUT2D eigenvalue weighted by Crippen LogP contribution is 2.52. The Hall–Kier alpha value is -1.64. The van der Waals surface area contributed by atoms with Crippen molar-refractivity contribution in [2.24, 2.45) is 5.41 Å². The summed E-state index contributed by atoms with van der Waals surface area (Å²) in [5.74, 6) is 0.422. The second-order valence-corrected chi connectivity index (χ2v) is 8.77. The molecule has 2 heterocycles. The van der Waals surface area contributed by atoms with Gasteiger partial charge in [-0.15, -0.1) is 11.3 Å². The van der Waals surface area contributed by atoms with E-state index < -0.39 is 0 Å². The second-order valence-electron chi connectivity index (χ2n) is 7.20. The smallest absolute Gasteiger partial charge is 0.0406 e. The van der Waals surface area contributed by atoms with Crippen LogP contribution in [0.5, 0.6) is 0 Å². The lowest BCUT2D eigenvalue weighted by molar-refractivity contribution is 0.276. The molecule has 0 fully saturated rings. The van der Waals surface area contributed by atoms with E-state index >= 15 is 0 Å². The van der Waals surface area contributed by atoms with E-state index in [9.17, 15) is 0 Å². The Morgan fingerprint density at radius 2 is 1.79 bits per heavy atom. The minimum absolute atomic E-state index is 0.247. The molecule has 0 saturated heterocycles. The van der Waals surface area contributed by atoms with Crippen molar-refractivity contribution in [2.45, 2.75) is 32.6 Å². The summed E-state index contributed by atoms with van der Waals surface area (Å²) in [6, 6.07) is 15.0. The predicted octanol–water partition coefficient (Wildman–Crippen LogP) is 6.57. The molecule has 1 aliphatic rings. The Morgan fingerprint density at radius 1 is 1.08 bits per heavy atom. The standard InChI is InChI=1S/C21H20ClNS/c1-21(2)10-7-18-17(20(21)15-3-5-16(22)6-4-15)13-19(24-18)14-8-11-23-12-9-14/h3-6,8-9,11-13,20H,7,10H2,1-2H3. The largest absolute Gasteiger partial charge is 0.265 e. The highest BCUT2D eigenvalue weighted by atomic mass is 35.5. The fraction of sp³-hybridized carbons (Fsp3) is 0.286. The normalized spacial score (nSPS) is 19.0. The lowest BCUT2D eigenvalue weighted by atomic mass is 9.65. The van der Waals surface area contributed by atoms with Crippen molar-refractivity contribution in [3.8, 4) is 10.4 Å². The SMILES string of the molecule is CC1(C)CCc2sc(-c3ccncc3)cc2C1c1ccc(Cl)cc1. The number of thiophene rings is 1. The number of hydrogen-bond donors (Lipinski definition) is 0. The van der Waals surface area contributed by atoms with Crippen molar-refractivity contribution >= 4 is 22.9 Å². The zero-order valence-electron chi connectivity index (χ0n) is 13.9. The molecule has 3 heteroatoms. The zero-order chi connectivity index (χ0) is 16.7. The molecule has 122 valence electrons. The molecule has 1 aromatic carbocycles. The monoisotopic (exact) mass is 353 g/mol.